The zero-order valence-corrected chi connectivity index (χ0v) is 10.7. The third kappa shape index (κ3) is 5.00. The molecule has 1 amide bonds. The van der Waals surface area contributed by atoms with Crippen molar-refractivity contribution in [3.63, 3.8) is 0 Å². The largest absolute Gasteiger partial charge is 0.356 e. The first-order valence-electron chi connectivity index (χ1n) is 6.20. The first-order chi connectivity index (χ1) is 8.13. The summed E-state index contributed by atoms with van der Waals surface area (Å²) in [6.07, 6.45) is 2.25. The van der Waals surface area contributed by atoms with Crippen molar-refractivity contribution in [1.29, 1.82) is 0 Å². The summed E-state index contributed by atoms with van der Waals surface area (Å²) >= 11 is 0. The molecule has 0 spiro atoms. The van der Waals surface area contributed by atoms with E-state index in [2.05, 4.69) is 12.2 Å². The van der Waals surface area contributed by atoms with Gasteiger partial charge in [-0.05, 0) is 30.9 Å². The van der Waals surface area contributed by atoms with Gasteiger partial charge in [0.2, 0.25) is 5.91 Å². The predicted molar refractivity (Wildman–Crippen MR) is 70.8 cm³/mol. The second kappa shape index (κ2) is 7.07. The van der Waals surface area contributed by atoms with Gasteiger partial charge in [-0.2, -0.15) is 0 Å². The Bertz CT molecular complexity index is 363. The number of rotatable bonds is 6. The summed E-state index contributed by atoms with van der Waals surface area (Å²) in [5, 5.41) is 2.90. The van der Waals surface area contributed by atoms with Crippen LogP contribution in [0.3, 0.4) is 0 Å². The van der Waals surface area contributed by atoms with Crippen molar-refractivity contribution in [1.82, 2.24) is 5.32 Å². The predicted octanol–water partition coefficient (Wildman–Crippen LogP) is 1.78. The number of amides is 1. The summed E-state index contributed by atoms with van der Waals surface area (Å²) in [5.74, 6) is 0.0719. The molecule has 0 saturated heterocycles. The van der Waals surface area contributed by atoms with Crippen LogP contribution in [-0.2, 0) is 11.2 Å². The number of aryl methyl sites for hydroxylation is 1. The zero-order valence-electron chi connectivity index (χ0n) is 10.7. The molecule has 3 nitrogen and oxygen atoms in total. The van der Waals surface area contributed by atoms with Gasteiger partial charge in [0.15, 0.2) is 0 Å². The molecule has 1 rings (SSSR count). The number of benzene rings is 1. The van der Waals surface area contributed by atoms with Crippen LogP contribution in [0.15, 0.2) is 24.3 Å². The summed E-state index contributed by atoms with van der Waals surface area (Å²) in [6.45, 7) is 4.75. The quantitative estimate of drug-likeness (QED) is 0.788. The van der Waals surface area contributed by atoms with Crippen LogP contribution in [0.4, 0.5) is 0 Å². The highest BCUT2D eigenvalue weighted by Gasteiger charge is 2.05. The molecule has 94 valence electrons. The van der Waals surface area contributed by atoms with E-state index in [0.29, 0.717) is 13.0 Å². The average molecular weight is 234 g/mol. The van der Waals surface area contributed by atoms with Crippen LogP contribution in [0.25, 0.3) is 0 Å². The Balaban J connectivity index is 2.33. The molecule has 0 bridgehead atoms. The molecule has 0 aliphatic rings. The van der Waals surface area contributed by atoms with Gasteiger partial charge < -0.3 is 11.1 Å². The highest BCUT2D eigenvalue weighted by molar-refractivity contribution is 5.78. The topological polar surface area (TPSA) is 55.1 Å². The molecule has 0 aliphatic heterocycles. The van der Waals surface area contributed by atoms with Crippen molar-refractivity contribution in [2.45, 2.75) is 39.2 Å². The second-order valence-electron chi connectivity index (χ2n) is 4.41. The van der Waals surface area contributed by atoms with Crippen molar-refractivity contribution >= 4 is 5.91 Å². The smallest absolute Gasteiger partial charge is 0.224 e. The lowest BCUT2D eigenvalue weighted by atomic mass is 10.1. The fourth-order valence-corrected chi connectivity index (χ4v) is 1.65. The van der Waals surface area contributed by atoms with Crippen LogP contribution in [0, 0.1) is 6.92 Å². The molecule has 3 N–H and O–H groups in total. The Kier molecular flexibility index (Phi) is 5.70. The Morgan fingerprint density at radius 1 is 1.41 bits per heavy atom. The minimum absolute atomic E-state index is 0.0719. The van der Waals surface area contributed by atoms with Gasteiger partial charge in [0.1, 0.15) is 0 Å². The average Bonchev–Trinajstić information content (AvgIpc) is 2.32. The molecule has 1 atom stereocenters. The third-order valence-corrected chi connectivity index (χ3v) is 2.97. The van der Waals surface area contributed by atoms with Gasteiger partial charge in [0, 0.05) is 12.6 Å². The van der Waals surface area contributed by atoms with Crippen LogP contribution in [-0.4, -0.2) is 18.5 Å². The monoisotopic (exact) mass is 234 g/mol. The minimum Gasteiger partial charge on any atom is -0.356 e. The van der Waals surface area contributed by atoms with E-state index < -0.39 is 0 Å². The van der Waals surface area contributed by atoms with E-state index in [1.54, 1.807) is 0 Å². The fourth-order valence-electron chi connectivity index (χ4n) is 1.65. The lowest BCUT2D eigenvalue weighted by Gasteiger charge is -2.10. The lowest BCUT2D eigenvalue weighted by Crippen LogP contribution is -2.31. The Morgan fingerprint density at radius 3 is 2.76 bits per heavy atom. The molecule has 0 aliphatic carbocycles. The molecule has 17 heavy (non-hydrogen) atoms. The summed E-state index contributed by atoms with van der Waals surface area (Å²) < 4.78 is 0. The SMILES string of the molecule is CCC(N)CCNC(=O)Cc1ccccc1C. The van der Waals surface area contributed by atoms with Crippen LogP contribution < -0.4 is 11.1 Å². The second-order valence-corrected chi connectivity index (χ2v) is 4.41. The zero-order chi connectivity index (χ0) is 12.7. The Labute approximate surface area is 103 Å². The molecule has 1 aromatic rings. The van der Waals surface area contributed by atoms with E-state index in [0.717, 1.165) is 24.0 Å². The van der Waals surface area contributed by atoms with E-state index in [1.165, 1.54) is 0 Å². The molecule has 0 radical (unpaired) electrons. The molecule has 0 saturated carbocycles. The van der Waals surface area contributed by atoms with Gasteiger partial charge in [-0.25, -0.2) is 0 Å². The Hall–Kier alpha value is -1.35. The minimum atomic E-state index is 0.0719. The first kappa shape index (κ1) is 13.7. The van der Waals surface area contributed by atoms with E-state index in [4.69, 9.17) is 5.73 Å². The van der Waals surface area contributed by atoms with Gasteiger partial charge in [-0.15, -0.1) is 0 Å². The first-order valence-corrected chi connectivity index (χ1v) is 6.20. The van der Waals surface area contributed by atoms with E-state index in [9.17, 15) is 4.79 Å². The van der Waals surface area contributed by atoms with Crippen LogP contribution in [0.2, 0.25) is 0 Å². The fraction of sp³-hybridized carbons (Fsp3) is 0.500. The highest BCUT2D eigenvalue weighted by atomic mass is 16.1. The van der Waals surface area contributed by atoms with E-state index in [1.807, 2.05) is 31.2 Å². The molecule has 0 aromatic heterocycles. The Morgan fingerprint density at radius 2 is 2.12 bits per heavy atom. The number of hydrogen-bond donors (Lipinski definition) is 2. The van der Waals surface area contributed by atoms with Crippen LogP contribution in [0.1, 0.15) is 30.9 Å². The number of nitrogens with one attached hydrogen (secondary N) is 1. The van der Waals surface area contributed by atoms with Gasteiger partial charge in [-0.1, -0.05) is 31.2 Å². The number of carbonyl (C=O) groups excluding carboxylic acids is 1. The van der Waals surface area contributed by atoms with Gasteiger partial charge in [0.05, 0.1) is 6.42 Å². The molecule has 0 heterocycles. The summed E-state index contributed by atoms with van der Waals surface area (Å²) in [5.41, 5.74) is 8.03. The lowest BCUT2D eigenvalue weighted by molar-refractivity contribution is -0.120. The van der Waals surface area contributed by atoms with Gasteiger partial charge in [-0.3, -0.25) is 4.79 Å². The molecular weight excluding hydrogens is 212 g/mol. The van der Waals surface area contributed by atoms with Crippen molar-refractivity contribution in [2.24, 2.45) is 5.73 Å². The van der Waals surface area contributed by atoms with Crippen LogP contribution >= 0.6 is 0 Å². The summed E-state index contributed by atoms with van der Waals surface area (Å²) in [4.78, 5) is 11.7. The number of carbonyl (C=O) groups is 1. The normalized spacial score (nSPS) is 12.2. The standard InChI is InChI=1S/C14H22N2O/c1-3-13(15)8-9-16-14(17)10-12-7-5-4-6-11(12)2/h4-7,13H,3,8-10,15H2,1-2H3,(H,16,17). The molecule has 3 heteroatoms. The molecule has 1 aromatic carbocycles. The maximum absolute atomic E-state index is 11.7. The maximum Gasteiger partial charge on any atom is 0.224 e. The van der Waals surface area contributed by atoms with Crippen molar-refractivity contribution < 1.29 is 4.79 Å². The van der Waals surface area contributed by atoms with Gasteiger partial charge >= 0.3 is 0 Å². The van der Waals surface area contributed by atoms with E-state index >= 15 is 0 Å². The van der Waals surface area contributed by atoms with E-state index in [-0.39, 0.29) is 11.9 Å². The molecule has 1 unspecified atom stereocenters. The molecule has 0 fully saturated rings. The maximum atomic E-state index is 11.7. The van der Waals surface area contributed by atoms with Crippen molar-refractivity contribution in [3.05, 3.63) is 35.4 Å². The van der Waals surface area contributed by atoms with Crippen LogP contribution in [0.5, 0.6) is 0 Å². The number of hydrogen-bond acceptors (Lipinski definition) is 2. The molecular formula is C14H22N2O. The van der Waals surface area contributed by atoms with Crippen molar-refractivity contribution in [2.75, 3.05) is 6.54 Å². The van der Waals surface area contributed by atoms with Crippen molar-refractivity contribution in [3.8, 4) is 0 Å². The third-order valence-electron chi connectivity index (χ3n) is 2.97. The summed E-state index contributed by atoms with van der Waals surface area (Å²) in [7, 11) is 0. The highest BCUT2D eigenvalue weighted by Crippen LogP contribution is 2.07. The summed E-state index contributed by atoms with van der Waals surface area (Å²) in [6, 6.07) is 8.15. The number of nitrogens with two attached hydrogens (primary N) is 1. The van der Waals surface area contributed by atoms with Gasteiger partial charge in [0.25, 0.3) is 0 Å².